The third-order valence-electron chi connectivity index (χ3n) is 1.25. The summed E-state index contributed by atoms with van der Waals surface area (Å²) in [5.41, 5.74) is 0.746. The van der Waals surface area contributed by atoms with E-state index < -0.39 is 5.82 Å². The van der Waals surface area contributed by atoms with E-state index in [0.717, 1.165) is 6.07 Å². The van der Waals surface area contributed by atoms with Crippen molar-refractivity contribution in [2.75, 3.05) is 0 Å². The summed E-state index contributed by atoms with van der Waals surface area (Å²) < 4.78 is 20.0. The first-order valence-electron chi connectivity index (χ1n) is 3.44. The lowest BCUT2D eigenvalue weighted by molar-refractivity contribution is 0.626. The van der Waals surface area contributed by atoms with Gasteiger partial charge in [0.15, 0.2) is 0 Å². The molecule has 0 amide bonds. The number of rotatable bonds is 1. The maximum atomic E-state index is 12.8. The molecule has 0 aliphatic rings. The number of nitriles is 1. The largest absolute Gasteiger partial charge is 0.207 e. The number of alkyl halides is 1. The molecule has 1 aromatic rings. The van der Waals surface area contributed by atoms with Crippen LogP contribution in [0.5, 0.6) is 0 Å². The number of hydrogen-bond donors (Lipinski definition) is 0. The Morgan fingerprint density at radius 1 is 1.73 bits per heavy atom. The van der Waals surface area contributed by atoms with Crippen molar-refractivity contribution in [3.05, 3.63) is 35.1 Å². The maximum Gasteiger partial charge on any atom is 0.123 e. The zero-order valence-corrected chi connectivity index (χ0v) is 7.15. The van der Waals surface area contributed by atoms with Crippen LogP contribution in [0, 0.1) is 17.1 Å². The molecule has 0 N–H and O–H groups in total. The van der Waals surface area contributed by atoms with Gasteiger partial charge in [-0.25, -0.2) is 4.39 Å². The number of benzene rings is 1. The van der Waals surface area contributed by atoms with Crippen molar-refractivity contribution in [2.45, 2.75) is 5.33 Å². The van der Waals surface area contributed by atoms with Crippen LogP contribution in [-0.2, 0) is 5.33 Å². The van der Waals surface area contributed by atoms with Gasteiger partial charge < -0.3 is 0 Å². The standard InChI is InChI=1S/C8H5BrFN/c9-4-7-3-8(10)2-1-6(7)5-11/h1-3H,4H2/i3D. The highest BCUT2D eigenvalue weighted by atomic mass is 79.9. The Kier molecular flexibility index (Phi) is 2.16. The molecule has 0 saturated carbocycles. The van der Waals surface area contributed by atoms with Gasteiger partial charge in [0.2, 0.25) is 0 Å². The Labute approximate surface area is 74.0 Å². The van der Waals surface area contributed by atoms with E-state index in [9.17, 15) is 4.39 Å². The zero-order chi connectivity index (χ0) is 9.14. The summed E-state index contributed by atoms with van der Waals surface area (Å²) in [7, 11) is 0. The maximum absolute atomic E-state index is 12.8. The Balaban J connectivity index is 3.38. The molecular formula is C8H5BrFN. The summed E-state index contributed by atoms with van der Waals surface area (Å²) >= 11 is 3.10. The summed E-state index contributed by atoms with van der Waals surface area (Å²) in [6, 6.07) is 4.21. The lowest BCUT2D eigenvalue weighted by Crippen LogP contribution is -1.86. The first-order chi connectivity index (χ1) is 5.70. The molecule has 3 heteroatoms. The minimum atomic E-state index is -0.594. The van der Waals surface area contributed by atoms with Gasteiger partial charge in [0.1, 0.15) is 5.82 Å². The highest BCUT2D eigenvalue weighted by Crippen LogP contribution is 2.13. The second-order valence-electron chi connectivity index (χ2n) is 1.94. The van der Waals surface area contributed by atoms with Crippen LogP contribution < -0.4 is 0 Å². The fraction of sp³-hybridized carbons (Fsp3) is 0.125. The van der Waals surface area contributed by atoms with E-state index in [-0.39, 0.29) is 6.04 Å². The van der Waals surface area contributed by atoms with Gasteiger partial charge in [-0.15, -0.1) is 0 Å². The number of halogens is 2. The lowest BCUT2D eigenvalue weighted by atomic mass is 10.1. The van der Waals surface area contributed by atoms with Gasteiger partial charge in [0.25, 0.3) is 0 Å². The molecule has 0 aliphatic carbocycles. The SMILES string of the molecule is [2H]c1c(F)ccc(C#N)c1CBr. The highest BCUT2D eigenvalue weighted by Gasteiger charge is 2.00. The number of nitrogens with zero attached hydrogens (tertiary/aromatic N) is 1. The topological polar surface area (TPSA) is 23.8 Å². The van der Waals surface area contributed by atoms with Crippen molar-refractivity contribution in [1.82, 2.24) is 0 Å². The van der Waals surface area contributed by atoms with Crippen molar-refractivity contribution >= 4 is 15.9 Å². The monoisotopic (exact) mass is 214 g/mol. The number of hydrogen-bond acceptors (Lipinski definition) is 1. The van der Waals surface area contributed by atoms with Gasteiger partial charge in [-0.1, -0.05) is 15.9 Å². The molecule has 0 spiro atoms. The zero-order valence-electron chi connectivity index (χ0n) is 6.56. The molecule has 0 aromatic heterocycles. The Morgan fingerprint density at radius 3 is 3.00 bits per heavy atom. The minimum Gasteiger partial charge on any atom is -0.207 e. The van der Waals surface area contributed by atoms with Crippen LogP contribution in [-0.4, -0.2) is 0 Å². The second-order valence-corrected chi connectivity index (χ2v) is 2.50. The van der Waals surface area contributed by atoms with Gasteiger partial charge >= 0.3 is 0 Å². The molecule has 0 fully saturated rings. The lowest BCUT2D eigenvalue weighted by Gasteiger charge is -1.97. The summed E-state index contributed by atoms with van der Waals surface area (Å²) in [6.45, 7) is 0. The van der Waals surface area contributed by atoms with E-state index in [0.29, 0.717) is 16.5 Å². The van der Waals surface area contributed by atoms with Crippen molar-refractivity contribution in [2.24, 2.45) is 0 Å². The van der Waals surface area contributed by atoms with Gasteiger partial charge in [-0.3, -0.25) is 0 Å². The molecule has 0 heterocycles. The van der Waals surface area contributed by atoms with Crippen LogP contribution in [0.1, 0.15) is 12.5 Å². The third kappa shape index (κ3) is 1.78. The van der Waals surface area contributed by atoms with E-state index in [2.05, 4.69) is 15.9 Å². The molecule has 0 unspecified atom stereocenters. The van der Waals surface area contributed by atoms with Crippen molar-refractivity contribution in [1.29, 1.82) is 5.26 Å². The second kappa shape index (κ2) is 3.49. The van der Waals surface area contributed by atoms with Gasteiger partial charge in [-0.05, 0) is 23.7 Å². The van der Waals surface area contributed by atoms with Gasteiger partial charge in [0, 0.05) is 5.33 Å². The Morgan fingerprint density at radius 2 is 2.45 bits per heavy atom. The molecule has 0 aliphatic heterocycles. The fourth-order valence-corrected chi connectivity index (χ4v) is 1.16. The summed E-state index contributed by atoms with van der Waals surface area (Å²) in [5.74, 6) is -0.594. The molecule has 0 atom stereocenters. The molecule has 0 saturated heterocycles. The van der Waals surface area contributed by atoms with Crippen molar-refractivity contribution in [3.63, 3.8) is 0 Å². The van der Waals surface area contributed by atoms with Crippen LogP contribution >= 0.6 is 15.9 Å². The third-order valence-corrected chi connectivity index (χ3v) is 1.81. The molecule has 0 radical (unpaired) electrons. The van der Waals surface area contributed by atoms with Crippen LogP contribution in [0.25, 0.3) is 0 Å². The van der Waals surface area contributed by atoms with E-state index in [1.165, 1.54) is 6.07 Å². The van der Waals surface area contributed by atoms with E-state index in [4.69, 9.17) is 6.63 Å². The summed E-state index contributed by atoms with van der Waals surface area (Å²) in [5, 5.41) is 8.91. The van der Waals surface area contributed by atoms with E-state index in [1.54, 1.807) is 0 Å². The van der Waals surface area contributed by atoms with E-state index in [1.807, 2.05) is 6.07 Å². The van der Waals surface area contributed by atoms with Crippen molar-refractivity contribution in [3.8, 4) is 6.07 Å². The molecule has 1 aromatic carbocycles. The molecule has 11 heavy (non-hydrogen) atoms. The van der Waals surface area contributed by atoms with Crippen LogP contribution in [0.15, 0.2) is 18.2 Å². The predicted molar refractivity (Wildman–Crippen MR) is 43.7 cm³/mol. The summed E-state index contributed by atoms with van der Waals surface area (Å²) in [4.78, 5) is 0. The average Bonchev–Trinajstić information content (AvgIpc) is 2.09. The molecular weight excluding hydrogens is 209 g/mol. The van der Waals surface area contributed by atoms with E-state index >= 15 is 0 Å². The highest BCUT2D eigenvalue weighted by molar-refractivity contribution is 9.08. The average molecular weight is 215 g/mol. The van der Waals surface area contributed by atoms with Crippen LogP contribution in [0.4, 0.5) is 4.39 Å². The molecule has 0 bridgehead atoms. The molecule has 56 valence electrons. The first-order valence-corrected chi connectivity index (χ1v) is 4.07. The Bertz CT molecular complexity index is 346. The summed E-state index contributed by atoms with van der Waals surface area (Å²) in [6.07, 6.45) is 0. The van der Waals surface area contributed by atoms with Crippen LogP contribution in [0.2, 0.25) is 0 Å². The van der Waals surface area contributed by atoms with Gasteiger partial charge in [0.05, 0.1) is 13.0 Å². The smallest absolute Gasteiger partial charge is 0.123 e. The fourth-order valence-electron chi connectivity index (χ4n) is 0.720. The van der Waals surface area contributed by atoms with Gasteiger partial charge in [-0.2, -0.15) is 5.26 Å². The van der Waals surface area contributed by atoms with Crippen molar-refractivity contribution < 1.29 is 5.76 Å². The molecule has 1 nitrogen and oxygen atoms in total. The minimum absolute atomic E-state index is 0.203. The quantitative estimate of drug-likeness (QED) is 0.660. The normalized spacial score (nSPS) is 10.5. The predicted octanol–water partition coefficient (Wildman–Crippen LogP) is 2.59. The molecule has 1 rings (SSSR count). The first kappa shape index (κ1) is 6.81. The Hall–Kier alpha value is -0.880. The van der Waals surface area contributed by atoms with Crippen LogP contribution in [0.3, 0.4) is 0 Å².